The van der Waals surface area contributed by atoms with Crippen LogP contribution in [0.2, 0.25) is 0 Å². The van der Waals surface area contributed by atoms with Crippen molar-refractivity contribution in [2.24, 2.45) is 0 Å². The zero-order valence-electron chi connectivity index (χ0n) is 24.4. The summed E-state index contributed by atoms with van der Waals surface area (Å²) in [5.74, 6) is -1.71. The number of anilines is 1. The SMILES string of the molecule is O=C(NC1CCCC1)[C@@H](Cc1ccccc1)N(Cc1ccccc1)C(=O)CN(c1ccccc1F)S(=O)(=O)c1ccccc1. The van der Waals surface area contributed by atoms with E-state index in [1.165, 1.54) is 35.2 Å². The van der Waals surface area contributed by atoms with E-state index in [0.717, 1.165) is 47.2 Å². The van der Waals surface area contributed by atoms with Crippen molar-refractivity contribution in [2.45, 2.75) is 55.6 Å². The topological polar surface area (TPSA) is 86.8 Å². The lowest BCUT2D eigenvalue weighted by Gasteiger charge is -2.34. The Bertz CT molecular complexity index is 1650. The van der Waals surface area contributed by atoms with Crippen LogP contribution in [-0.4, -0.2) is 43.8 Å². The van der Waals surface area contributed by atoms with E-state index in [1.54, 1.807) is 18.2 Å². The first-order valence-corrected chi connectivity index (χ1v) is 16.3. The summed E-state index contributed by atoms with van der Waals surface area (Å²) >= 11 is 0. The average Bonchev–Trinajstić information content (AvgIpc) is 3.56. The number of rotatable bonds is 12. The Hall–Kier alpha value is -4.50. The van der Waals surface area contributed by atoms with Gasteiger partial charge < -0.3 is 10.2 Å². The first-order valence-electron chi connectivity index (χ1n) is 14.8. The van der Waals surface area contributed by atoms with Gasteiger partial charge >= 0.3 is 0 Å². The van der Waals surface area contributed by atoms with Gasteiger partial charge in [-0.1, -0.05) is 104 Å². The Kier molecular flexibility index (Phi) is 10.1. The molecule has 0 saturated heterocycles. The van der Waals surface area contributed by atoms with Crippen LogP contribution in [0.5, 0.6) is 0 Å². The zero-order chi connectivity index (χ0) is 30.9. The molecule has 1 aliphatic carbocycles. The van der Waals surface area contributed by atoms with Gasteiger partial charge in [0, 0.05) is 19.0 Å². The molecule has 1 saturated carbocycles. The second-order valence-corrected chi connectivity index (χ2v) is 12.8. The molecule has 1 N–H and O–H groups in total. The maximum Gasteiger partial charge on any atom is 0.264 e. The number of hydrogen-bond acceptors (Lipinski definition) is 4. The van der Waals surface area contributed by atoms with Gasteiger partial charge in [0.25, 0.3) is 10.0 Å². The summed E-state index contributed by atoms with van der Waals surface area (Å²) in [6.45, 7) is -0.640. The summed E-state index contributed by atoms with van der Waals surface area (Å²) in [5.41, 5.74) is 1.38. The van der Waals surface area contributed by atoms with Gasteiger partial charge in [-0.05, 0) is 48.2 Å². The van der Waals surface area contributed by atoms with Crippen molar-refractivity contribution in [2.75, 3.05) is 10.8 Å². The molecule has 7 nitrogen and oxygen atoms in total. The van der Waals surface area contributed by atoms with Crippen LogP contribution in [0.1, 0.15) is 36.8 Å². The molecule has 0 aliphatic heterocycles. The summed E-state index contributed by atoms with van der Waals surface area (Å²) in [6, 6.07) is 30.8. The largest absolute Gasteiger partial charge is 0.352 e. The number of halogens is 1. The molecule has 44 heavy (non-hydrogen) atoms. The van der Waals surface area contributed by atoms with Gasteiger partial charge in [-0.3, -0.25) is 13.9 Å². The molecule has 5 rings (SSSR count). The number of para-hydroxylation sites is 1. The highest BCUT2D eigenvalue weighted by molar-refractivity contribution is 7.92. The minimum absolute atomic E-state index is 0.0165. The number of carbonyl (C=O) groups excluding carboxylic acids is 2. The number of nitrogens with zero attached hydrogens (tertiary/aromatic N) is 2. The highest BCUT2D eigenvalue weighted by Crippen LogP contribution is 2.27. The molecule has 0 bridgehead atoms. The number of hydrogen-bond donors (Lipinski definition) is 1. The van der Waals surface area contributed by atoms with Gasteiger partial charge in [0.1, 0.15) is 18.4 Å². The molecule has 2 amide bonds. The monoisotopic (exact) mass is 613 g/mol. The van der Waals surface area contributed by atoms with Gasteiger partial charge in [-0.2, -0.15) is 0 Å². The van der Waals surface area contributed by atoms with E-state index in [1.807, 2.05) is 60.7 Å². The third-order valence-electron chi connectivity index (χ3n) is 7.90. The predicted octanol–water partition coefficient (Wildman–Crippen LogP) is 5.72. The Morgan fingerprint density at radius 2 is 1.32 bits per heavy atom. The maximum atomic E-state index is 15.2. The summed E-state index contributed by atoms with van der Waals surface area (Å²) in [4.78, 5) is 29.7. The van der Waals surface area contributed by atoms with Crippen LogP contribution >= 0.6 is 0 Å². The van der Waals surface area contributed by atoms with Gasteiger partial charge in [0.2, 0.25) is 11.8 Å². The summed E-state index contributed by atoms with van der Waals surface area (Å²) in [7, 11) is -4.36. The highest BCUT2D eigenvalue weighted by atomic mass is 32.2. The van der Waals surface area contributed by atoms with Crippen LogP contribution in [0.25, 0.3) is 0 Å². The van der Waals surface area contributed by atoms with Crippen LogP contribution in [-0.2, 0) is 32.6 Å². The van der Waals surface area contributed by atoms with Crippen LogP contribution in [0.3, 0.4) is 0 Å². The van der Waals surface area contributed by atoms with E-state index in [-0.39, 0.29) is 35.5 Å². The van der Waals surface area contributed by atoms with Crippen LogP contribution in [0.15, 0.2) is 120 Å². The van der Waals surface area contributed by atoms with Crippen molar-refractivity contribution in [3.8, 4) is 0 Å². The maximum absolute atomic E-state index is 15.2. The van der Waals surface area contributed by atoms with Crippen molar-refractivity contribution >= 4 is 27.5 Å². The summed E-state index contributed by atoms with van der Waals surface area (Å²) in [6.07, 6.45) is 4.01. The fourth-order valence-electron chi connectivity index (χ4n) is 5.59. The van der Waals surface area contributed by atoms with E-state index in [9.17, 15) is 18.0 Å². The van der Waals surface area contributed by atoms with E-state index >= 15 is 4.39 Å². The van der Waals surface area contributed by atoms with Crippen LogP contribution in [0, 0.1) is 5.82 Å². The first kappa shape index (κ1) is 30.9. The summed E-state index contributed by atoms with van der Waals surface area (Å²) in [5, 5.41) is 3.15. The molecular weight excluding hydrogens is 577 g/mol. The standard InChI is InChI=1S/C35H36FN3O4S/c36-31-22-12-13-23-32(31)39(44(42,43)30-20-8-3-9-21-30)26-34(40)38(25-28-16-6-2-7-17-28)33(24-27-14-4-1-5-15-27)35(41)37-29-18-10-11-19-29/h1-9,12-17,20-23,29,33H,10-11,18-19,24-26H2,(H,37,41)/t33-/m1/s1. The quantitative estimate of drug-likeness (QED) is 0.222. The van der Waals surface area contributed by atoms with E-state index < -0.39 is 34.3 Å². The third-order valence-corrected chi connectivity index (χ3v) is 9.67. The predicted molar refractivity (Wildman–Crippen MR) is 169 cm³/mol. The number of carbonyl (C=O) groups is 2. The van der Waals surface area contributed by atoms with E-state index in [2.05, 4.69) is 5.32 Å². The van der Waals surface area contributed by atoms with Crippen molar-refractivity contribution in [3.63, 3.8) is 0 Å². The Labute approximate surface area is 258 Å². The molecule has 0 radical (unpaired) electrons. The van der Waals surface area contributed by atoms with Crippen molar-refractivity contribution < 1.29 is 22.4 Å². The number of amides is 2. The minimum Gasteiger partial charge on any atom is -0.352 e. The third kappa shape index (κ3) is 7.52. The molecular formula is C35H36FN3O4S. The van der Waals surface area contributed by atoms with E-state index in [0.29, 0.717) is 0 Å². The van der Waals surface area contributed by atoms with Gasteiger partial charge in [-0.25, -0.2) is 12.8 Å². The molecule has 4 aromatic carbocycles. The fraction of sp³-hybridized carbons (Fsp3) is 0.257. The van der Waals surface area contributed by atoms with Crippen molar-refractivity contribution in [3.05, 3.63) is 132 Å². The normalized spacial score (nSPS) is 14.1. The Balaban J connectivity index is 1.55. The molecule has 1 aliphatic rings. The van der Waals surface area contributed by atoms with Crippen molar-refractivity contribution in [1.29, 1.82) is 0 Å². The molecule has 1 fully saturated rings. The molecule has 0 unspecified atom stereocenters. The zero-order valence-corrected chi connectivity index (χ0v) is 25.2. The first-order chi connectivity index (χ1) is 21.3. The lowest BCUT2D eigenvalue weighted by atomic mass is 10.0. The Morgan fingerprint density at radius 1 is 0.773 bits per heavy atom. The fourth-order valence-corrected chi connectivity index (χ4v) is 7.03. The van der Waals surface area contributed by atoms with Crippen LogP contribution < -0.4 is 9.62 Å². The molecule has 1 atom stereocenters. The molecule has 0 spiro atoms. The second-order valence-electron chi connectivity index (χ2n) is 11.0. The van der Waals surface area contributed by atoms with Gasteiger partial charge in [0.05, 0.1) is 10.6 Å². The number of nitrogens with one attached hydrogen (secondary N) is 1. The molecule has 0 heterocycles. The molecule has 4 aromatic rings. The highest BCUT2D eigenvalue weighted by Gasteiger charge is 2.36. The molecule has 228 valence electrons. The second kappa shape index (κ2) is 14.3. The molecule has 0 aromatic heterocycles. The average molecular weight is 614 g/mol. The van der Waals surface area contributed by atoms with Crippen molar-refractivity contribution in [1.82, 2.24) is 10.2 Å². The van der Waals surface area contributed by atoms with E-state index in [4.69, 9.17) is 0 Å². The van der Waals surface area contributed by atoms with Gasteiger partial charge in [-0.15, -0.1) is 0 Å². The summed E-state index contributed by atoms with van der Waals surface area (Å²) < 4.78 is 43.9. The van der Waals surface area contributed by atoms with Crippen LogP contribution in [0.4, 0.5) is 10.1 Å². The Morgan fingerprint density at radius 3 is 1.93 bits per heavy atom. The molecule has 9 heteroatoms. The number of sulfonamides is 1. The smallest absolute Gasteiger partial charge is 0.264 e. The number of benzene rings is 4. The lowest BCUT2D eigenvalue weighted by Crippen LogP contribution is -2.54. The lowest BCUT2D eigenvalue weighted by molar-refractivity contribution is -0.140. The minimum atomic E-state index is -4.36. The van der Waals surface area contributed by atoms with Gasteiger partial charge in [0.15, 0.2) is 0 Å².